The van der Waals surface area contributed by atoms with E-state index in [1.54, 1.807) is 0 Å². The summed E-state index contributed by atoms with van der Waals surface area (Å²) in [5.41, 5.74) is 9.82. The highest BCUT2D eigenvalue weighted by atomic mass is 16.5. The van der Waals surface area contributed by atoms with Gasteiger partial charge in [0.1, 0.15) is 11.5 Å². The van der Waals surface area contributed by atoms with E-state index in [0.29, 0.717) is 12.0 Å². The fraction of sp³-hybridized carbons (Fsp3) is 0.484. The summed E-state index contributed by atoms with van der Waals surface area (Å²) in [4.78, 5) is 0. The SMILES string of the molecule is CCOc1ccc(-c2c(OC3CCC(C(C)(C)C)CC3)ccc3cc(C(C)(C)N)ccc23)cc1. The number of ether oxygens (including phenoxy) is 2. The largest absolute Gasteiger partial charge is 0.494 e. The second kappa shape index (κ2) is 9.62. The van der Waals surface area contributed by atoms with Gasteiger partial charge in [-0.3, -0.25) is 0 Å². The highest BCUT2D eigenvalue weighted by molar-refractivity contribution is 6.00. The van der Waals surface area contributed by atoms with Crippen LogP contribution >= 0.6 is 0 Å². The summed E-state index contributed by atoms with van der Waals surface area (Å²) >= 11 is 0. The van der Waals surface area contributed by atoms with Gasteiger partial charge >= 0.3 is 0 Å². The molecule has 1 aliphatic rings. The van der Waals surface area contributed by atoms with Crippen molar-refractivity contribution in [3.05, 3.63) is 60.2 Å². The predicted octanol–water partition coefficient (Wildman–Crippen LogP) is 8.08. The first-order valence-corrected chi connectivity index (χ1v) is 12.8. The zero-order chi connectivity index (χ0) is 24.5. The molecule has 3 heteroatoms. The van der Waals surface area contributed by atoms with E-state index >= 15 is 0 Å². The van der Waals surface area contributed by atoms with E-state index in [4.69, 9.17) is 15.2 Å². The van der Waals surface area contributed by atoms with Crippen LogP contribution < -0.4 is 15.2 Å². The van der Waals surface area contributed by atoms with Crippen LogP contribution in [-0.4, -0.2) is 12.7 Å². The maximum absolute atomic E-state index is 6.73. The van der Waals surface area contributed by atoms with Gasteiger partial charge < -0.3 is 15.2 Å². The molecule has 0 aromatic heterocycles. The van der Waals surface area contributed by atoms with Crippen LogP contribution in [0.2, 0.25) is 0 Å². The smallest absolute Gasteiger partial charge is 0.128 e. The Bertz CT molecular complexity index is 1110. The fourth-order valence-electron chi connectivity index (χ4n) is 5.22. The molecule has 1 aliphatic carbocycles. The van der Waals surface area contributed by atoms with Crippen LogP contribution in [0.15, 0.2) is 54.6 Å². The summed E-state index contributed by atoms with van der Waals surface area (Å²) in [6, 6.07) is 19.3. The van der Waals surface area contributed by atoms with Gasteiger partial charge in [0.05, 0.1) is 12.7 Å². The normalized spacial score (nSPS) is 19.3. The zero-order valence-electron chi connectivity index (χ0n) is 21.8. The summed E-state index contributed by atoms with van der Waals surface area (Å²) in [6.45, 7) is 13.9. The van der Waals surface area contributed by atoms with Gasteiger partial charge in [-0.05, 0) is 104 Å². The Morgan fingerprint density at radius 1 is 0.853 bits per heavy atom. The Balaban J connectivity index is 1.71. The number of hydrogen-bond donors (Lipinski definition) is 1. The average molecular weight is 460 g/mol. The summed E-state index contributed by atoms with van der Waals surface area (Å²) in [5.74, 6) is 2.63. The van der Waals surface area contributed by atoms with Crippen molar-refractivity contribution in [3.8, 4) is 22.6 Å². The Morgan fingerprint density at radius 2 is 1.53 bits per heavy atom. The molecule has 3 nitrogen and oxygen atoms in total. The first kappa shape index (κ1) is 24.6. The Hall–Kier alpha value is -2.52. The van der Waals surface area contributed by atoms with E-state index in [1.165, 1.54) is 23.6 Å². The molecule has 0 heterocycles. The molecule has 0 radical (unpaired) electrons. The van der Waals surface area contributed by atoms with Crippen LogP contribution in [0.4, 0.5) is 0 Å². The number of hydrogen-bond acceptors (Lipinski definition) is 3. The second-order valence-corrected chi connectivity index (χ2v) is 11.5. The van der Waals surface area contributed by atoms with E-state index in [0.717, 1.165) is 46.9 Å². The summed E-state index contributed by atoms with van der Waals surface area (Å²) in [7, 11) is 0. The Labute approximate surface area is 205 Å². The monoisotopic (exact) mass is 459 g/mol. The van der Waals surface area contributed by atoms with Crippen LogP contribution in [0.3, 0.4) is 0 Å². The highest BCUT2D eigenvalue weighted by Crippen LogP contribution is 2.42. The van der Waals surface area contributed by atoms with E-state index in [2.05, 4.69) is 63.2 Å². The minimum absolute atomic E-state index is 0.264. The van der Waals surface area contributed by atoms with Crippen molar-refractivity contribution in [2.24, 2.45) is 17.1 Å². The lowest BCUT2D eigenvalue weighted by atomic mass is 9.72. The highest BCUT2D eigenvalue weighted by Gasteiger charge is 2.31. The lowest BCUT2D eigenvalue weighted by Gasteiger charge is -2.37. The second-order valence-electron chi connectivity index (χ2n) is 11.5. The maximum Gasteiger partial charge on any atom is 0.128 e. The first-order valence-electron chi connectivity index (χ1n) is 12.8. The third-order valence-corrected chi connectivity index (χ3v) is 7.37. The molecular weight excluding hydrogens is 418 g/mol. The average Bonchev–Trinajstić information content (AvgIpc) is 2.79. The van der Waals surface area contributed by atoms with Gasteiger partial charge in [0.2, 0.25) is 0 Å². The lowest BCUT2D eigenvalue weighted by Crippen LogP contribution is -2.30. The summed E-state index contributed by atoms with van der Waals surface area (Å²) in [6.07, 6.45) is 4.95. The van der Waals surface area contributed by atoms with Crippen LogP contribution in [-0.2, 0) is 5.54 Å². The van der Waals surface area contributed by atoms with Gasteiger partial charge in [0, 0.05) is 11.1 Å². The third-order valence-electron chi connectivity index (χ3n) is 7.37. The molecule has 34 heavy (non-hydrogen) atoms. The van der Waals surface area contributed by atoms with Crippen LogP contribution in [0.1, 0.15) is 72.8 Å². The van der Waals surface area contributed by atoms with E-state index in [-0.39, 0.29) is 11.6 Å². The van der Waals surface area contributed by atoms with Gasteiger partial charge in [-0.2, -0.15) is 0 Å². The lowest BCUT2D eigenvalue weighted by molar-refractivity contribution is 0.0887. The molecule has 0 aliphatic heterocycles. The number of benzene rings is 3. The molecule has 0 atom stereocenters. The minimum Gasteiger partial charge on any atom is -0.494 e. The minimum atomic E-state index is -0.381. The van der Waals surface area contributed by atoms with Crippen molar-refractivity contribution < 1.29 is 9.47 Å². The number of fused-ring (bicyclic) bond motifs is 1. The number of rotatable bonds is 6. The Morgan fingerprint density at radius 3 is 2.12 bits per heavy atom. The van der Waals surface area contributed by atoms with Crippen LogP contribution in [0, 0.1) is 11.3 Å². The Kier molecular flexibility index (Phi) is 6.96. The molecule has 0 bridgehead atoms. The topological polar surface area (TPSA) is 44.5 Å². The van der Waals surface area contributed by atoms with Crippen molar-refractivity contribution in [1.82, 2.24) is 0 Å². The summed E-state index contributed by atoms with van der Waals surface area (Å²) < 4.78 is 12.4. The predicted molar refractivity (Wildman–Crippen MR) is 144 cm³/mol. The number of nitrogens with two attached hydrogens (primary N) is 1. The molecule has 0 amide bonds. The zero-order valence-corrected chi connectivity index (χ0v) is 21.8. The van der Waals surface area contributed by atoms with Crippen LogP contribution in [0.25, 0.3) is 21.9 Å². The molecule has 182 valence electrons. The van der Waals surface area contributed by atoms with Crippen LogP contribution in [0.5, 0.6) is 11.5 Å². The van der Waals surface area contributed by atoms with Gasteiger partial charge in [-0.25, -0.2) is 0 Å². The molecule has 0 spiro atoms. The fourth-order valence-corrected chi connectivity index (χ4v) is 5.22. The molecule has 4 rings (SSSR count). The van der Waals surface area contributed by atoms with E-state index < -0.39 is 0 Å². The molecular formula is C31H41NO2. The van der Waals surface area contributed by atoms with Gasteiger partial charge in [-0.1, -0.05) is 51.1 Å². The maximum atomic E-state index is 6.73. The first-order chi connectivity index (χ1) is 16.1. The standard InChI is InChI=1S/C31H41NO2/c1-7-33-25-14-8-21(9-15-25)29-27-18-13-24(31(5,6)32)20-22(27)10-19-28(29)34-26-16-11-23(12-17-26)30(2,3)4/h8-10,13-15,18-20,23,26H,7,11-12,16-17,32H2,1-6H3. The van der Waals surface area contributed by atoms with Gasteiger partial charge in [0.25, 0.3) is 0 Å². The molecule has 1 fully saturated rings. The third kappa shape index (κ3) is 5.41. The van der Waals surface area contributed by atoms with Crippen molar-refractivity contribution in [2.45, 2.75) is 78.9 Å². The molecule has 2 N–H and O–H groups in total. The molecule has 0 unspecified atom stereocenters. The molecule has 1 saturated carbocycles. The molecule has 0 saturated heterocycles. The van der Waals surface area contributed by atoms with Gasteiger partial charge in [-0.15, -0.1) is 0 Å². The van der Waals surface area contributed by atoms with Crippen molar-refractivity contribution >= 4 is 10.8 Å². The molecule has 3 aromatic rings. The van der Waals surface area contributed by atoms with Crippen molar-refractivity contribution in [3.63, 3.8) is 0 Å². The molecule has 3 aromatic carbocycles. The van der Waals surface area contributed by atoms with Crippen molar-refractivity contribution in [2.75, 3.05) is 6.61 Å². The van der Waals surface area contributed by atoms with E-state index in [9.17, 15) is 0 Å². The quantitative estimate of drug-likeness (QED) is 0.405. The van der Waals surface area contributed by atoms with E-state index in [1.807, 2.05) is 32.9 Å². The van der Waals surface area contributed by atoms with Gasteiger partial charge in [0.15, 0.2) is 0 Å². The summed E-state index contributed by atoms with van der Waals surface area (Å²) in [5, 5.41) is 2.38. The van der Waals surface area contributed by atoms with Crippen molar-refractivity contribution in [1.29, 1.82) is 0 Å².